The van der Waals surface area contributed by atoms with Crippen LogP contribution in [0, 0.1) is 3.95 Å². The van der Waals surface area contributed by atoms with E-state index in [2.05, 4.69) is 12.6 Å². The van der Waals surface area contributed by atoms with E-state index < -0.39 is 11.2 Å². The van der Waals surface area contributed by atoms with Crippen molar-refractivity contribution in [3.8, 4) is 17.3 Å². The molecule has 0 N–H and O–H groups in total. The van der Waals surface area contributed by atoms with Crippen LogP contribution in [0.4, 0.5) is 0 Å². The number of hydrogen-bond acceptors (Lipinski definition) is 6. The van der Waals surface area contributed by atoms with E-state index in [9.17, 15) is 4.79 Å². The molecule has 0 saturated carbocycles. The van der Waals surface area contributed by atoms with Crippen molar-refractivity contribution in [3.63, 3.8) is 0 Å². The highest BCUT2D eigenvalue weighted by Gasteiger charge is 2.40. The van der Waals surface area contributed by atoms with E-state index in [0.717, 1.165) is 21.9 Å². The van der Waals surface area contributed by atoms with Gasteiger partial charge in [0.05, 0.1) is 17.7 Å². The monoisotopic (exact) mass is 435 g/mol. The first-order valence-corrected chi connectivity index (χ1v) is 10.2. The highest BCUT2D eigenvalue weighted by atomic mass is 35.5. The highest BCUT2D eigenvalue weighted by Crippen LogP contribution is 2.46. The molecular weight excluding hydrogens is 422 g/mol. The van der Waals surface area contributed by atoms with Crippen LogP contribution in [0.1, 0.15) is 16.4 Å². The van der Waals surface area contributed by atoms with E-state index in [-0.39, 0.29) is 5.92 Å². The molecule has 2 heterocycles. The van der Waals surface area contributed by atoms with Gasteiger partial charge in [0, 0.05) is 10.9 Å². The van der Waals surface area contributed by atoms with Crippen LogP contribution < -0.4 is 9.47 Å². The fourth-order valence-corrected chi connectivity index (χ4v) is 5.21. The molecule has 1 aliphatic rings. The zero-order valence-corrected chi connectivity index (χ0v) is 17.4. The zero-order chi connectivity index (χ0) is 19.1. The molecule has 0 aliphatic carbocycles. The first-order valence-electron chi connectivity index (χ1n) is 8.05. The van der Waals surface area contributed by atoms with Crippen molar-refractivity contribution >= 4 is 53.8 Å². The van der Waals surface area contributed by atoms with Crippen LogP contribution in [0.15, 0.2) is 48.5 Å². The number of nitrogens with zero attached hydrogens (tertiary/aromatic N) is 1. The minimum atomic E-state index is -0.615. The molecule has 2 aromatic carbocycles. The van der Waals surface area contributed by atoms with Gasteiger partial charge in [0.2, 0.25) is 5.88 Å². The smallest absolute Gasteiger partial charge is 0.326 e. The lowest BCUT2D eigenvalue weighted by molar-refractivity contribution is -0.135. The summed E-state index contributed by atoms with van der Waals surface area (Å²) in [6, 6.07) is 14.8. The van der Waals surface area contributed by atoms with Gasteiger partial charge in [0.1, 0.15) is 11.0 Å². The Labute approximate surface area is 175 Å². The molecule has 0 amide bonds. The number of fused-ring (bicyclic) bond motifs is 1. The molecule has 0 radical (unpaired) electrons. The molecule has 1 aromatic heterocycles. The Morgan fingerprint density at radius 1 is 1.19 bits per heavy atom. The molecule has 0 fully saturated rings. The quantitative estimate of drug-likeness (QED) is 0.345. The third-order valence-electron chi connectivity index (χ3n) is 4.39. The predicted molar refractivity (Wildman–Crippen MR) is 113 cm³/mol. The summed E-state index contributed by atoms with van der Waals surface area (Å²) in [6.45, 7) is 0. The van der Waals surface area contributed by atoms with Gasteiger partial charge in [-0.25, -0.2) is 0 Å². The van der Waals surface area contributed by atoms with Crippen LogP contribution in [0.25, 0.3) is 5.69 Å². The van der Waals surface area contributed by atoms with Gasteiger partial charge in [-0.2, -0.15) is 12.6 Å². The molecule has 27 heavy (non-hydrogen) atoms. The summed E-state index contributed by atoms with van der Waals surface area (Å²) in [5.74, 6) is 0.528. The van der Waals surface area contributed by atoms with Gasteiger partial charge in [0.25, 0.3) is 0 Å². The Morgan fingerprint density at radius 2 is 1.85 bits per heavy atom. The molecule has 0 saturated heterocycles. The summed E-state index contributed by atoms with van der Waals surface area (Å²) < 4.78 is 13.2. The van der Waals surface area contributed by atoms with Gasteiger partial charge < -0.3 is 9.47 Å². The fourth-order valence-electron chi connectivity index (χ4n) is 3.06. The summed E-state index contributed by atoms with van der Waals surface area (Å²) in [7, 11) is 1.61. The Bertz CT molecular complexity index is 1060. The van der Waals surface area contributed by atoms with Gasteiger partial charge in [-0.3, -0.25) is 9.36 Å². The van der Waals surface area contributed by atoms with Crippen molar-refractivity contribution in [1.82, 2.24) is 4.57 Å². The van der Waals surface area contributed by atoms with E-state index in [0.29, 0.717) is 14.9 Å². The molecule has 3 aromatic rings. The number of hydrogen-bond donors (Lipinski definition) is 1. The van der Waals surface area contributed by atoms with Crippen molar-refractivity contribution in [1.29, 1.82) is 0 Å². The number of carbonyl (C=O) groups excluding carboxylic acids is 1. The van der Waals surface area contributed by atoms with Crippen LogP contribution in [-0.4, -0.2) is 22.9 Å². The second-order valence-electron chi connectivity index (χ2n) is 5.97. The Kier molecular flexibility index (Phi) is 5.03. The second kappa shape index (κ2) is 7.31. The van der Waals surface area contributed by atoms with Crippen LogP contribution in [0.5, 0.6) is 11.6 Å². The Balaban J connectivity index is 1.87. The summed E-state index contributed by atoms with van der Waals surface area (Å²) >= 11 is 17.5. The van der Waals surface area contributed by atoms with Crippen molar-refractivity contribution < 1.29 is 14.3 Å². The number of benzene rings is 2. The van der Waals surface area contributed by atoms with Gasteiger partial charge in [-0.05, 0) is 54.2 Å². The number of thiol groups is 1. The predicted octanol–water partition coefficient (Wildman–Crippen LogP) is 5.28. The average molecular weight is 436 g/mol. The lowest BCUT2D eigenvalue weighted by Crippen LogP contribution is -2.33. The van der Waals surface area contributed by atoms with E-state index in [1.54, 1.807) is 23.8 Å². The van der Waals surface area contributed by atoms with Crippen molar-refractivity contribution in [2.24, 2.45) is 0 Å². The molecule has 0 spiro atoms. The molecule has 0 bridgehead atoms. The Morgan fingerprint density at radius 3 is 2.48 bits per heavy atom. The van der Waals surface area contributed by atoms with E-state index >= 15 is 0 Å². The molecule has 8 heteroatoms. The SMILES string of the molecule is COc1ccc(-n2c3c(sc2=S)[C@H](c2ccc(Cl)cc2)[C@@H](S)C(=O)O3)cc1. The van der Waals surface area contributed by atoms with E-state index in [4.69, 9.17) is 33.3 Å². The average Bonchev–Trinajstić information content (AvgIpc) is 2.99. The molecule has 2 atom stereocenters. The first kappa shape index (κ1) is 18.6. The van der Waals surface area contributed by atoms with E-state index in [1.165, 1.54) is 11.3 Å². The molecule has 4 rings (SSSR count). The number of thiazole rings is 1. The number of esters is 1. The largest absolute Gasteiger partial charge is 0.497 e. The standard InChI is InChI=1S/C19H14ClNO3S3/c1-23-13-8-6-12(7-9-13)21-17-16(27-19(21)26)14(15(25)18(22)24-17)10-2-4-11(20)5-3-10/h2-9,14-15,25H,1H3/t14-,15-/m1/s1. The van der Waals surface area contributed by atoms with E-state index in [1.807, 2.05) is 36.4 Å². The van der Waals surface area contributed by atoms with Crippen LogP contribution >= 0.6 is 47.8 Å². The zero-order valence-electron chi connectivity index (χ0n) is 14.1. The first-order chi connectivity index (χ1) is 13.0. The highest BCUT2D eigenvalue weighted by molar-refractivity contribution is 7.81. The Hall–Kier alpha value is -1.80. The second-order valence-corrected chi connectivity index (χ2v) is 8.63. The summed E-state index contributed by atoms with van der Waals surface area (Å²) in [4.78, 5) is 13.4. The van der Waals surface area contributed by atoms with Gasteiger partial charge in [-0.1, -0.05) is 23.7 Å². The summed E-state index contributed by atoms with van der Waals surface area (Å²) in [5.41, 5.74) is 1.74. The van der Waals surface area contributed by atoms with Gasteiger partial charge >= 0.3 is 5.97 Å². The van der Waals surface area contributed by atoms with Gasteiger partial charge in [0.15, 0.2) is 3.95 Å². The molecule has 4 nitrogen and oxygen atoms in total. The van der Waals surface area contributed by atoms with Gasteiger partial charge in [-0.15, -0.1) is 11.3 Å². The molecule has 1 aliphatic heterocycles. The lowest BCUT2D eigenvalue weighted by Gasteiger charge is -2.27. The third kappa shape index (κ3) is 3.29. The maximum atomic E-state index is 12.5. The number of carbonyl (C=O) groups is 1. The molecule has 138 valence electrons. The minimum absolute atomic E-state index is 0.256. The van der Waals surface area contributed by atoms with Crippen molar-refractivity contribution in [2.45, 2.75) is 11.2 Å². The number of halogens is 1. The minimum Gasteiger partial charge on any atom is -0.497 e. The maximum absolute atomic E-state index is 12.5. The topological polar surface area (TPSA) is 40.5 Å². The number of methoxy groups -OCH3 is 1. The number of ether oxygens (including phenoxy) is 2. The third-order valence-corrected chi connectivity index (χ3v) is 6.59. The summed E-state index contributed by atoms with van der Waals surface area (Å²) in [6.07, 6.45) is 0. The van der Waals surface area contributed by atoms with Crippen LogP contribution in [-0.2, 0) is 4.79 Å². The fraction of sp³-hybridized carbons (Fsp3) is 0.158. The normalized spacial score (nSPS) is 18.7. The summed E-state index contributed by atoms with van der Waals surface area (Å²) in [5, 5.41) is 0.0209. The number of aromatic nitrogens is 1. The van der Waals surface area contributed by atoms with Crippen molar-refractivity contribution in [3.05, 3.63) is 67.9 Å². The van der Waals surface area contributed by atoms with Crippen LogP contribution in [0.2, 0.25) is 5.02 Å². The molecule has 0 unspecified atom stereocenters. The number of rotatable bonds is 3. The van der Waals surface area contributed by atoms with Crippen molar-refractivity contribution in [2.75, 3.05) is 7.11 Å². The lowest BCUT2D eigenvalue weighted by atomic mass is 9.92. The maximum Gasteiger partial charge on any atom is 0.326 e. The molecular formula is C19H14ClNO3S3. The van der Waals surface area contributed by atoms with Crippen LogP contribution in [0.3, 0.4) is 0 Å².